The van der Waals surface area contributed by atoms with Crippen molar-refractivity contribution in [2.24, 2.45) is 13.5 Å². The molecule has 1 aliphatic rings. The van der Waals surface area contributed by atoms with E-state index in [4.69, 9.17) is 0 Å². The van der Waals surface area contributed by atoms with Gasteiger partial charge in [0.1, 0.15) is 0 Å². The Hall–Kier alpha value is 0.184. The molecule has 0 N–H and O–H groups in total. The van der Waals surface area contributed by atoms with Crippen molar-refractivity contribution in [2.45, 2.75) is 52.0 Å². The molecule has 0 aromatic rings. The first kappa shape index (κ1) is 11.3. The van der Waals surface area contributed by atoms with Gasteiger partial charge in [-0.3, -0.25) is 0 Å². The zero-order valence-corrected chi connectivity index (χ0v) is 10.1. The monoisotopic (exact) mass is 219 g/mol. The molecule has 0 aromatic carbocycles. The second-order valence-electron chi connectivity index (χ2n) is 3.90. The van der Waals surface area contributed by atoms with Crippen LogP contribution >= 0.6 is 0 Å². The van der Waals surface area contributed by atoms with Gasteiger partial charge in [0.25, 0.3) is 0 Å². The summed E-state index contributed by atoms with van der Waals surface area (Å²) in [6, 6.07) is 0.568. The molecule has 1 fully saturated rings. The molecule has 0 bridgehead atoms. The van der Waals surface area contributed by atoms with Gasteiger partial charge in [-0.15, -0.1) is 0 Å². The van der Waals surface area contributed by atoms with Crippen molar-refractivity contribution in [3.05, 3.63) is 0 Å². The number of hydrogen-bond donors (Lipinski definition) is 0. The second kappa shape index (κ2) is 6.61. The molecule has 0 aromatic heterocycles. The topological polar surface area (TPSA) is 24.7 Å². The maximum atomic E-state index is 4.60. The molecule has 3 heteroatoms. The molecule has 0 radical (unpaired) electrons. The molecule has 1 rings (SSSR count). The van der Waals surface area contributed by atoms with Gasteiger partial charge in [0.15, 0.2) is 0 Å². The second-order valence-corrected chi connectivity index (χ2v) is 4.98. The first-order valence-corrected chi connectivity index (χ1v) is 6.64. The fourth-order valence-corrected chi connectivity index (χ4v) is 2.70. The van der Waals surface area contributed by atoms with E-state index in [1.54, 1.807) is 0 Å². The molecule has 0 aliphatic heterocycles. The first-order chi connectivity index (χ1) is 6.33. The molecule has 75 valence electrons. The van der Waals surface area contributed by atoms with E-state index in [2.05, 4.69) is 21.4 Å². The summed E-state index contributed by atoms with van der Waals surface area (Å²) in [6.45, 7) is 5.28. The van der Waals surface area contributed by atoms with Crippen LogP contribution in [0.15, 0.2) is 7.58 Å². The molecule has 1 saturated carbocycles. The quantitative estimate of drug-likeness (QED) is 0.692. The normalized spacial score (nSPS) is 19.5. The van der Waals surface area contributed by atoms with E-state index >= 15 is 0 Å². The number of hydrogen-bond acceptors (Lipinski definition) is 2. The van der Waals surface area contributed by atoms with Crippen LogP contribution in [0.5, 0.6) is 0 Å². The van der Waals surface area contributed by atoms with E-state index in [0.29, 0.717) is 6.04 Å². The molecule has 0 saturated heterocycles. The van der Waals surface area contributed by atoms with Crippen molar-refractivity contribution in [3.8, 4) is 0 Å². The predicted octanol–water partition coefficient (Wildman–Crippen LogP) is 3.42. The van der Waals surface area contributed by atoms with Crippen molar-refractivity contribution in [2.75, 3.05) is 6.54 Å². The molecule has 1 aliphatic carbocycles. The van der Waals surface area contributed by atoms with Gasteiger partial charge >= 0.3 is 88.0 Å². The first-order valence-electron chi connectivity index (χ1n) is 5.39. The van der Waals surface area contributed by atoms with E-state index in [-0.39, 0.29) is 15.9 Å². The summed E-state index contributed by atoms with van der Waals surface area (Å²) in [5, 5.41) is 0. The summed E-state index contributed by atoms with van der Waals surface area (Å²) in [7, 11) is 0. The Balaban J connectivity index is 2.23. The van der Waals surface area contributed by atoms with Crippen molar-refractivity contribution >= 4 is 0 Å². The Morgan fingerprint density at radius 2 is 2.08 bits per heavy atom. The fourth-order valence-electron chi connectivity index (χ4n) is 1.96. The van der Waals surface area contributed by atoms with Crippen molar-refractivity contribution in [1.29, 1.82) is 0 Å². The van der Waals surface area contributed by atoms with E-state index in [9.17, 15) is 0 Å². The van der Waals surface area contributed by atoms with Crippen LogP contribution < -0.4 is 0 Å². The van der Waals surface area contributed by atoms with Crippen LogP contribution in [-0.2, 0) is 15.9 Å². The van der Waals surface area contributed by atoms with Crippen LogP contribution in [0, 0.1) is 5.92 Å². The van der Waals surface area contributed by atoms with Gasteiger partial charge in [-0.05, 0) is 0 Å². The minimum atomic E-state index is -0.0546. The molecule has 1 unspecified atom stereocenters. The zero-order chi connectivity index (χ0) is 9.52. The molecular formula is C10H20N2V. The van der Waals surface area contributed by atoms with Gasteiger partial charge in [-0.2, -0.15) is 0 Å². The van der Waals surface area contributed by atoms with Gasteiger partial charge in [0, 0.05) is 0 Å². The summed E-state index contributed by atoms with van der Waals surface area (Å²) in [5.74, 6) is 0.974. The minimum absolute atomic E-state index is 0.0546. The van der Waals surface area contributed by atoms with Crippen molar-refractivity contribution in [3.63, 3.8) is 0 Å². The molecule has 2 nitrogen and oxygen atoms in total. The third-order valence-electron chi connectivity index (χ3n) is 2.60. The summed E-state index contributed by atoms with van der Waals surface area (Å²) in [6.07, 6.45) is 7.10. The Morgan fingerprint density at radius 3 is 2.69 bits per heavy atom. The van der Waals surface area contributed by atoms with Gasteiger partial charge in [-0.1, -0.05) is 0 Å². The fraction of sp³-hybridized carbons (Fsp3) is 1.00. The molecular weight excluding hydrogens is 199 g/mol. The average molecular weight is 219 g/mol. The average Bonchev–Trinajstić information content (AvgIpc) is 2.57. The van der Waals surface area contributed by atoms with Crippen LogP contribution in [-0.4, -0.2) is 12.6 Å². The number of nitrogens with zero attached hydrogens (tertiary/aromatic N) is 2. The Morgan fingerprint density at radius 1 is 1.38 bits per heavy atom. The van der Waals surface area contributed by atoms with Crippen LogP contribution in [0.25, 0.3) is 0 Å². The summed E-state index contributed by atoms with van der Waals surface area (Å²) in [4.78, 5) is 0. The van der Waals surface area contributed by atoms with Crippen LogP contribution in [0.3, 0.4) is 0 Å². The van der Waals surface area contributed by atoms with E-state index in [0.717, 1.165) is 12.5 Å². The molecule has 13 heavy (non-hydrogen) atoms. The summed E-state index contributed by atoms with van der Waals surface area (Å²) < 4.78 is 8.92. The SMILES string of the molecule is CC[N]=[V]=[N]C(C)CC1CCCC1. The summed E-state index contributed by atoms with van der Waals surface area (Å²) >= 11 is -0.0546. The van der Waals surface area contributed by atoms with E-state index < -0.39 is 0 Å². The summed E-state index contributed by atoms with van der Waals surface area (Å²) in [5.41, 5.74) is 0. The molecule has 0 amide bonds. The zero-order valence-electron chi connectivity index (χ0n) is 8.74. The molecule has 0 spiro atoms. The van der Waals surface area contributed by atoms with Crippen molar-refractivity contribution < 1.29 is 15.9 Å². The van der Waals surface area contributed by atoms with Crippen molar-refractivity contribution in [1.82, 2.24) is 0 Å². The van der Waals surface area contributed by atoms with Gasteiger partial charge in [0.2, 0.25) is 0 Å². The van der Waals surface area contributed by atoms with Gasteiger partial charge in [0.05, 0.1) is 0 Å². The van der Waals surface area contributed by atoms with E-state index in [1.807, 2.05) is 0 Å². The van der Waals surface area contributed by atoms with Crippen LogP contribution in [0.1, 0.15) is 46.0 Å². The van der Waals surface area contributed by atoms with Gasteiger partial charge < -0.3 is 0 Å². The molecule has 1 atom stereocenters. The van der Waals surface area contributed by atoms with Crippen LogP contribution in [0.4, 0.5) is 0 Å². The Kier molecular flexibility index (Phi) is 5.73. The third-order valence-corrected chi connectivity index (χ3v) is 4.02. The predicted molar refractivity (Wildman–Crippen MR) is 51.4 cm³/mol. The maximum absolute atomic E-state index is 4.60. The number of rotatable bonds is 4. The van der Waals surface area contributed by atoms with Crippen LogP contribution in [0.2, 0.25) is 0 Å². The molecule has 0 heterocycles. The third kappa shape index (κ3) is 4.82. The van der Waals surface area contributed by atoms with Gasteiger partial charge in [-0.25, -0.2) is 0 Å². The Bertz CT molecular complexity index is 191. The standard InChI is InChI=1S/C8H15N.C2H5N.V/c1-7(9)6-8-4-2-3-5-8;1-2-3;/h7-8H,2-6H2,1H3;2H2,1H3;. The Labute approximate surface area is 88.2 Å². The van der Waals surface area contributed by atoms with E-state index in [1.165, 1.54) is 32.1 Å².